The van der Waals surface area contributed by atoms with Crippen molar-refractivity contribution in [2.24, 2.45) is 0 Å². The standard InChI is InChI=1S/C16H27N2O2/c1-3-5-10-17-12-13-18(15-17)11-8-6-7-9-14-20-16(19)4-2/h4,12-13,15H,2-3,5-11,14H2,1H3/q+1. The predicted molar refractivity (Wildman–Crippen MR) is 79.2 cm³/mol. The number of hydrogen-bond donors (Lipinski definition) is 0. The van der Waals surface area contributed by atoms with Gasteiger partial charge in [0.2, 0.25) is 6.33 Å². The van der Waals surface area contributed by atoms with Gasteiger partial charge in [0.25, 0.3) is 0 Å². The number of aromatic nitrogens is 2. The average Bonchev–Trinajstić information content (AvgIpc) is 2.91. The number of aryl methyl sites for hydroxylation is 2. The van der Waals surface area contributed by atoms with Crippen molar-refractivity contribution in [3.8, 4) is 0 Å². The lowest BCUT2D eigenvalue weighted by molar-refractivity contribution is -0.696. The molecule has 0 aliphatic rings. The smallest absolute Gasteiger partial charge is 0.330 e. The van der Waals surface area contributed by atoms with Gasteiger partial charge in [-0.15, -0.1) is 0 Å². The first-order valence-corrected chi connectivity index (χ1v) is 7.60. The second-order valence-electron chi connectivity index (χ2n) is 5.03. The van der Waals surface area contributed by atoms with Crippen molar-refractivity contribution in [3.05, 3.63) is 31.4 Å². The number of unbranched alkanes of at least 4 members (excludes halogenated alkanes) is 4. The molecule has 4 heteroatoms. The zero-order valence-corrected chi connectivity index (χ0v) is 12.6. The molecule has 0 aromatic carbocycles. The van der Waals surface area contributed by atoms with Crippen molar-refractivity contribution in [1.29, 1.82) is 0 Å². The molecule has 0 unspecified atom stereocenters. The maximum absolute atomic E-state index is 10.8. The molecule has 1 rings (SSSR count). The number of carbonyl (C=O) groups is 1. The molecular formula is C16H27N2O2+. The Morgan fingerprint density at radius 3 is 2.85 bits per heavy atom. The maximum Gasteiger partial charge on any atom is 0.330 e. The van der Waals surface area contributed by atoms with Crippen LogP contribution < -0.4 is 4.57 Å². The zero-order chi connectivity index (χ0) is 14.6. The highest BCUT2D eigenvalue weighted by molar-refractivity contribution is 5.81. The monoisotopic (exact) mass is 279 g/mol. The van der Waals surface area contributed by atoms with Crippen LogP contribution in [0.1, 0.15) is 45.4 Å². The van der Waals surface area contributed by atoms with Gasteiger partial charge in [-0.3, -0.25) is 0 Å². The van der Waals surface area contributed by atoms with Gasteiger partial charge in [0.15, 0.2) is 0 Å². The molecule has 0 radical (unpaired) electrons. The highest BCUT2D eigenvalue weighted by Crippen LogP contribution is 2.01. The van der Waals surface area contributed by atoms with Crippen LogP contribution in [0.25, 0.3) is 0 Å². The second kappa shape index (κ2) is 10.2. The Morgan fingerprint density at radius 1 is 1.30 bits per heavy atom. The molecular weight excluding hydrogens is 252 g/mol. The van der Waals surface area contributed by atoms with Crippen molar-refractivity contribution in [1.82, 2.24) is 4.57 Å². The van der Waals surface area contributed by atoms with E-state index >= 15 is 0 Å². The quantitative estimate of drug-likeness (QED) is 0.270. The molecule has 0 aliphatic carbocycles. The number of carbonyl (C=O) groups excluding carboxylic acids is 1. The lowest BCUT2D eigenvalue weighted by atomic mass is 10.2. The molecule has 0 aliphatic heterocycles. The van der Waals surface area contributed by atoms with Crippen molar-refractivity contribution in [2.75, 3.05) is 6.61 Å². The summed E-state index contributed by atoms with van der Waals surface area (Å²) in [5.41, 5.74) is 0. The van der Waals surface area contributed by atoms with Crippen LogP contribution in [-0.2, 0) is 22.6 Å². The van der Waals surface area contributed by atoms with Gasteiger partial charge in [-0.05, 0) is 32.1 Å². The Hall–Kier alpha value is -1.58. The number of hydrogen-bond acceptors (Lipinski definition) is 2. The summed E-state index contributed by atoms with van der Waals surface area (Å²) in [6, 6.07) is 0. The van der Waals surface area contributed by atoms with Gasteiger partial charge in [-0.25, -0.2) is 13.9 Å². The minimum absolute atomic E-state index is 0.325. The van der Waals surface area contributed by atoms with E-state index in [9.17, 15) is 4.79 Å². The van der Waals surface area contributed by atoms with Gasteiger partial charge in [0.1, 0.15) is 12.4 Å². The van der Waals surface area contributed by atoms with Crippen LogP contribution in [0.2, 0.25) is 0 Å². The summed E-state index contributed by atoms with van der Waals surface area (Å²) in [5.74, 6) is -0.325. The highest BCUT2D eigenvalue weighted by atomic mass is 16.5. The number of ether oxygens (including phenoxy) is 1. The average molecular weight is 279 g/mol. The Labute approximate surface area is 122 Å². The molecule has 20 heavy (non-hydrogen) atoms. The largest absolute Gasteiger partial charge is 0.463 e. The van der Waals surface area contributed by atoms with Crippen LogP contribution in [-0.4, -0.2) is 17.1 Å². The van der Waals surface area contributed by atoms with E-state index in [0.717, 1.165) is 32.4 Å². The van der Waals surface area contributed by atoms with Gasteiger partial charge >= 0.3 is 5.97 Å². The van der Waals surface area contributed by atoms with Crippen molar-refractivity contribution in [2.45, 2.75) is 58.5 Å². The maximum atomic E-state index is 10.8. The molecule has 0 amide bonds. The van der Waals surface area contributed by atoms with Crippen molar-refractivity contribution < 1.29 is 14.1 Å². The van der Waals surface area contributed by atoms with E-state index < -0.39 is 0 Å². The van der Waals surface area contributed by atoms with Crippen LogP contribution in [0.5, 0.6) is 0 Å². The SMILES string of the molecule is C=CC(=O)OCCCCCC[n+]1ccn(CCCC)c1. The summed E-state index contributed by atoms with van der Waals surface area (Å²) in [7, 11) is 0. The number of imidazole rings is 1. The summed E-state index contributed by atoms with van der Waals surface area (Å²) < 4.78 is 9.42. The van der Waals surface area contributed by atoms with Crippen LogP contribution >= 0.6 is 0 Å². The topological polar surface area (TPSA) is 35.1 Å². The van der Waals surface area contributed by atoms with E-state index in [4.69, 9.17) is 4.74 Å². The van der Waals surface area contributed by atoms with Crippen LogP contribution in [0.15, 0.2) is 31.4 Å². The van der Waals surface area contributed by atoms with Gasteiger partial charge in [-0.1, -0.05) is 19.9 Å². The van der Waals surface area contributed by atoms with Crippen LogP contribution in [0.4, 0.5) is 0 Å². The summed E-state index contributed by atoms with van der Waals surface area (Å²) in [6.45, 7) is 8.25. The molecule has 4 nitrogen and oxygen atoms in total. The number of rotatable bonds is 11. The van der Waals surface area contributed by atoms with E-state index in [1.807, 2.05) is 0 Å². The molecule has 1 heterocycles. The van der Waals surface area contributed by atoms with Gasteiger partial charge in [-0.2, -0.15) is 0 Å². The summed E-state index contributed by atoms with van der Waals surface area (Å²) >= 11 is 0. The predicted octanol–water partition coefficient (Wildman–Crippen LogP) is 2.87. The van der Waals surface area contributed by atoms with E-state index in [-0.39, 0.29) is 5.97 Å². The lowest BCUT2D eigenvalue weighted by Crippen LogP contribution is -2.30. The lowest BCUT2D eigenvalue weighted by Gasteiger charge is -2.01. The van der Waals surface area contributed by atoms with Crippen molar-refractivity contribution in [3.63, 3.8) is 0 Å². The summed E-state index contributed by atoms with van der Waals surface area (Å²) in [4.78, 5) is 10.8. The third-order valence-corrected chi connectivity index (χ3v) is 3.24. The van der Waals surface area contributed by atoms with Crippen LogP contribution in [0.3, 0.4) is 0 Å². The first-order valence-electron chi connectivity index (χ1n) is 7.60. The molecule has 0 atom stereocenters. The molecule has 0 bridgehead atoms. The Kier molecular flexibility index (Phi) is 8.43. The minimum Gasteiger partial charge on any atom is -0.463 e. The second-order valence-corrected chi connectivity index (χ2v) is 5.03. The van der Waals surface area contributed by atoms with Gasteiger partial charge in [0, 0.05) is 6.08 Å². The normalized spacial score (nSPS) is 10.4. The van der Waals surface area contributed by atoms with Gasteiger partial charge in [0.05, 0.1) is 19.7 Å². The Bertz CT molecular complexity index is 399. The highest BCUT2D eigenvalue weighted by Gasteiger charge is 2.02. The third kappa shape index (κ3) is 7.12. The van der Waals surface area contributed by atoms with E-state index in [0.29, 0.717) is 6.61 Å². The number of nitrogens with zero attached hydrogens (tertiary/aromatic N) is 2. The van der Waals surface area contributed by atoms with Crippen molar-refractivity contribution >= 4 is 5.97 Å². The first-order chi connectivity index (χ1) is 9.76. The zero-order valence-electron chi connectivity index (χ0n) is 12.6. The fraction of sp³-hybridized carbons (Fsp3) is 0.625. The Balaban J connectivity index is 2.02. The minimum atomic E-state index is -0.325. The molecule has 1 aromatic heterocycles. The van der Waals surface area contributed by atoms with Crippen LogP contribution in [0, 0.1) is 0 Å². The molecule has 0 saturated heterocycles. The Morgan fingerprint density at radius 2 is 2.10 bits per heavy atom. The fourth-order valence-corrected chi connectivity index (χ4v) is 2.03. The molecule has 1 aromatic rings. The van der Waals surface area contributed by atoms with E-state index in [1.54, 1.807) is 0 Å². The number of esters is 1. The first kappa shape index (κ1) is 16.5. The molecule has 112 valence electrons. The van der Waals surface area contributed by atoms with E-state index in [2.05, 4.69) is 41.4 Å². The fourth-order valence-electron chi connectivity index (χ4n) is 2.03. The van der Waals surface area contributed by atoms with Gasteiger partial charge < -0.3 is 4.74 Å². The summed E-state index contributed by atoms with van der Waals surface area (Å²) in [6.07, 6.45) is 14.5. The third-order valence-electron chi connectivity index (χ3n) is 3.24. The molecule has 0 spiro atoms. The van der Waals surface area contributed by atoms with E-state index in [1.165, 1.54) is 25.3 Å². The molecule has 0 fully saturated rings. The summed E-state index contributed by atoms with van der Waals surface area (Å²) in [5, 5.41) is 0. The molecule has 0 saturated carbocycles. The molecule has 0 N–H and O–H groups in total.